The molecule has 0 saturated heterocycles. The van der Waals surface area contributed by atoms with Crippen LogP contribution in [0.25, 0.3) is 0 Å². The molecule has 0 radical (unpaired) electrons. The normalized spacial score (nSPS) is 10.4. The summed E-state index contributed by atoms with van der Waals surface area (Å²) in [5.41, 5.74) is -1.20. The molecule has 0 saturated carbocycles. The van der Waals surface area contributed by atoms with Crippen molar-refractivity contribution in [1.82, 2.24) is 4.98 Å². The fourth-order valence-corrected chi connectivity index (χ4v) is 1.39. The first-order valence-electron chi connectivity index (χ1n) is 4.11. The molecule has 7 heteroatoms. The fraction of sp³-hybridized carbons (Fsp3) is 0.333. The summed E-state index contributed by atoms with van der Waals surface area (Å²) >= 11 is 5.73. The Labute approximate surface area is 95.1 Å². The zero-order chi connectivity index (χ0) is 12.3. The van der Waals surface area contributed by atoms with Crippen LogP contribution in [0.5, 0.6) is 5.75 Å². The highest BCUT2D eigenvalue weighted by Crippen LogP contribution is 2.33. The molecule has 0 bridgehead atoms. The Morgan fingerprint density at radius 2 is 2.12 bits per heavy atom. The van der Waals surface area contributed by atoms with Crippen LogP contribution in [0.2, 0.25) is 5.02 Å². The molecule has 88 valence electrons. The minimum absolute atomic E-state index is 0.0338. The van der Waals surface area contributed by atoms with Crippen LogP contribution in [0.3, 0.4) is 0 Å². The summed E-state index contributed by atoms with van der Waals surface area (Å²) in [5, 5.41) is -0.236. The second-order valence-electron chi connectivity index (χ2n) is 2.69. The number of aromatic nitrogens is 1. The Kier molecular flexibility index (Phi) is 4.00. The van der Waals surface area contributed by atoms with Crippen molar-refractivity contribution in [3.63, 3.8) is 0 Å². The van der Waals surface area contributed by atoms with Crippen LogP contribution in [0.4, 0.5) is 8.78 Å². The highest BCUT2D eigenvalue weighted by molar-refractivity contribution is 6.35. The third kappa shape index (κ3) is 2.21. The van der Waals surface area contributed by atoms with Crippen molar-refractivity contribution in [3.05, 3.63) is 22.5 Å². The number of methoxy groups -OCH3 is 2. The van der Waals surface area contributed by atoms with Crippen molar-refractivity contribution in [1.29, 1.82) is 0 Å². The van der Waals surface area contributed by atoms with E-state index >= 15 is 0 Å². The van der Waals surface area contributed by atoms with Crippen LogP contribution >= 0.6 is 11.6 Å². The van der Waals surface area contributed by atoms with Crippen LogP contribution in [0, 0.1) is 0 Å². The lowest BCUT2D eigenvalue weighted by Crippen LogP contribution is -2.10. The van der Waals surface area contributed by atoms with Crippen LogP contribution in [-0.2, 0) is 4.74 Å². The minimum atomic E-state index is -2.92. The third-order valence-corrected chi connectivity index (χ3v) is 2.20. The van der Waals surface area contributed by atoms with Crippen molar-refractivity contribution >= 4 is 17.6 Å². The number of nitrogens with zero attached hydrogens (tertiary/aromatic N) is 1. The molecule has 0 aliphatic rings. The summed E-state index contributed by atoms with van der Waals surface area (Å²) in [6.07, 6.45) is -1.89. The number of esters is 1. The molecule has 0 unspecified atom stereocenters. The number of ether oxygens (including phenoxy) is 2. The predicted molar refractivity (Wildman–Crippen MR) is 52.1 cm³/mol. The van der Waals surface area contributed by atoms with Gasteiger partial charge in [0.1, 0.15) is 16.3 Å². The summed E-state index contributed by atoms with van der Waals surface area (Å²) in [6, 6.07) is 0. The van der Waals surface area contributed by atoms with Gasteiger partial charge in [-0.15, -0.1) is 0 Å². The van der Waals surface area contributed by atoms with Crippen molar-refractivity contribution in [2.45, 2.75) is 6.43 Å². The first-order chi connectivity index (χ1) is 7.52. The summed E-state index contributed by atoms with van der Waals surface area (Å²) in [4.78, 5) is 14.7. The Hall–Kier alpha value is -1.43. The number of alkyl halides is 2. The molecule has 1 aromatic heterocycles. The first-order valence-corrected chi connectivity index (χ1v) is 4.49. The van der Waals surface area contributed by atoms with Crippen LogP contribution in [0.1, 0.15) is 22.5 Å². The van der Waals surface area contributed by atoms with E-state index in [1.54, 1.807) is 0 Å². The minimum Gasteiger partial charge on any atom is -0.494 e. The number of carbonyl (C=O) groups excluding carboxylic acids is 1. The summed E-state index contributed by atoms with van der Waals surface area (Å²) in [7, 11) is 2.35. The second kappa shape index (κ2) is 5.07. The standard InChI is InChI=1S/C9H8ClF2NO3/c1-15-4-3-13-7(8(11)12)5(6(4)10)9(14)16-2/h3,8H,1-2H3. The Balaban J connectivity index is 3.42. The average molecular weight is 252 g/mol. The largest absolute Gasteiger partial charge is 0.494 e. The molecule has 0 aliphatic carbocycles. The number of pyridine rings is 1. The third-order valence-electron chi connectivity index (χ3n) is 1.83. The van der Waals surface area contributed by atoms with Crippen LogP contribution in [0.15, 0.2) is 6.20 Å². The zero-order valence-electron chi connectivity index (χ0n) is 8.46. The molecular formula is C9H8ClF2NO3. The maximum Gasteiger partial charge on any atom is 0.341 e. The molecule has 0 aromatic carbocycles. The monoisotopic (exact) mass is 251 g/mol. The van der Waals surface area contributed by atoms with Gasteiger partial charge in [-0.3, -0.25) is 4.98 Å². The van der Waals surface area contributed by atoms with E-state index in [0.29, 0.717) is 0 Å². The van der Waals surface area contributed by atoms with Crippen LogP contribution < -0.4 is 4.74 Å². The number of hydrogen-bond donors (Lipinski definition) is 0. The van der Waals surface area contributed by atoms with Gasteiger partial charge in [0.15, 0.2) is 5.75 Å². The van der Waals surface area contributed by atoms with Crippen molar-refractivity contribution < 1.29 is 23.0 Å². The van der Waals surface area contributed by atoms with Gasteiger partial charge in [0.2, 0.25) is 0 Å². The van der Waals surface area contributed by atoms with E-state index < -0.39 is 23.7 Å². The SMILES string of the molecule is COC(=O)c1c(C(F)F)ncc(OC)c1Cl. The van der Waals surface area contributed by atoms with Crippen molar-refractivity contribution in [3.8, 4) is 5.75 Å². The quantitative estimate of drug-likeness (QED) is 0.775. The summed E-state index contributed by atoms with van der Waals surface area (Å²) in [6.45, 7) is 0. The number of halogens is 3. The molecule has 0 atom stereocenters. The van der Waals surface area contributed by atoms with Crippen molar-refractivity contribution in [2.75, 3.05) is 14.2 Å². The zero-order valence-corrected chi connectivity index (χ0v) is 9.22. The van der Waals surface area contributed by atoms with Gasteiger partial charge in [-0.2, -0.15) is 0 Å². The average Bonchev–Trinajstić information content (AvgIpc) is 2.27. The van der Waals surface area contributed by atoms with Gasteiger partial charge in [0, 0.05) is 0 Å². The second-order valence-corrected chi connectivity index (χ2v) is 3.07. The van der Waals surface area contributed by atoms with Gasteiger partial charge in [0.05, 0.1) is 20.4 Å². The predicted octanol–water partition coefficient (Wildman–Crippen LogP) is 2.47. The number of rotatable bonds is 3. The molecule has 0 spiro atoms. The lowest BCUT2D eigenvalue weighted by atomic mass is 10.2. The van der Waals surface area contributed by atoms with Gasteiger partial charge >= 0.3 is 5.97 Å². The fourth-order valence-electron chi connectivity index (χ4n) is 1.09. The van der Waals surface area contributed by atoms with Gasteiger partial charge in [0.25, 0.3) is 6.43 Å². The molecule has 1 rings (SSSR count). The van der Waals surface area contributed by atoms with Crippen LogP contribution in [-0.4, -0.2) is 25.2 Å². The molecule has 0 aliphatic heterocycles. The van der Waals surface area contributed by atoms with E-state index in [1.165, 1.54) is 7.11 Å². The molecule has 16 heavy (non-hydrogen) atoms. The van der Waals surface area contributed by atoms with Gasteiger partial charge in [-0.05, 0) is 0 Å². The first kappa shape index (κ1) is 12.6. The molecular weight excluding hydrogens is 244 g/mol. The highest BCUT2D eigenvalue weighted by atomic mass is 35.5. The molecule has 0 N–H and O–H groups in total. The maximum absolute atomic E-state index is 12.6. The number of hydrogen-bond acceptors (Lipinski definition) is 4. The van der Waals surface area contributed by atoms with E-state index in [0.717, 1.165) is 13.3 Å². The Bertz CT molecular complexity index is 412. The number of carbonyl (C=O) groups is 1. The molecule has 0 fully saturated rings. The Morgan fingerprint density at radius 1 is 1.50 bits per heavy atom. The van der Waals surface area contributed by atoms with E-state index in [9.17, 15) is 13.6 Å². The molecule has 1 heterocycles. The van der Waals surface area contributed by atoms with Gasteiger partial charge < -0.3 is 9.47 Å². The molecule has 1 aromatic rings. The van der Waals surface area contributed by atoms with Gasteiger partial charge in [-0.25, -0.2) is 13.6 Å². The van der Waals surface area contributed by atoms with Crippen molar-refractivity contribution in [2.24, 2.45) is 0 Å². The lowest BCUT2D eigenvalue weighted by molar-refractivity contribution is 0.0587. The topological polar surface area (TPSA) is 48.4 Å². The summed E-state index contributed by atoms with van der Waals surface area (Å²) in [5.74, 6) is -0.946. The van der Waals surface area contributed by atoms with E-state index in [1.807, 2.05) is 0 Å². The summed E-state index contributed by atoms with van der Waals surface area (Å²) < 4.78 is 34.3. The molecule has 4 nitrogen and oxygen atoms in total. The Morgan fingerprint density at radius 3 is 2.56 bits per heavy atom. The molecule has 0 amide bonds. The van der Waals surface area contributed by atoms with E-state index in [-0.39, 0.29) is 10.8 Å². The van der Waals surface area contributed by atoms with E-state index in [2.05, 4.69) is 9.72 Å². The smallest absolute Gasteiger partial charge is 0.341 e. The maximum atomic E-state index is 12.6. The van der Waals surface area contributed by atoms with E-state index in [4.69, 9.17) is 16.3 Å². The van der Waals surface area contributed by atoms with Gasteiger partial charge in [-0.1, -0.05) is 11.6 Å². The lowest BCUT2D eigenvalue weighted by Gasteiger charge is -2.10. The highest BCUT2D eigenvalue weighted by Gasteiger charge is 2.26.